The number of carbonyl (C=O) groups excluding carboxylic acids is 1. The van der Waals surface area contributed by atoms with Crippen LogP contribution in [0.2, 0.25) is 10.0 Å². The summed E-state index contributed by atoms with van der Waals surface area (Å²) in [7, 11) is 1.56. The van der Waals surface area contributed by atoms with Crippen LogP contribution in [0.5, 0.6) is 0 Å². The molecule has 116 valence electrons. The molecule has 8 heteroatoms. The lowest BCUT2D eigenvalue weighted by Crippen LogP contribution is -2.27. The molecular formula is C14H14Cl2N4O2. The van der Waals surface area contributed by atoms with Gasteiger partial charge in [-0.15, -0.1) is 0 Å². The molecule has 0 saturated carbocycles. The maximum atomic E-state index is 11.8. The summed E-state index contributed by atoms with van der Waals surface area (Å²) in [5, 5.41) is 6.56. The molecule has 0 saturated heterocycles. The number of carbonyl (C=O) groups is 1. The Kier molecular flexibility index (Phi) is 5.94. The maximum Gasteiger partial charge on any atom is 0.271 e. The van der Waals surface area contributed by atoms with E-state index in [0.29, 0.717) is 34.7 Å². The lowest BCUT2D eigenvalue weighted by atomic mass is 10.3. The standard InChI is InChI=1S/C14H14Cl2N4O2/c1-22-6-5-17-14(21)11-7-19-12(8-18-11)20-13-9(15)3-2-4-10(13)16/h2-4,7-8H,5-6H2,1H3,(H,17,21)(H,19,20). The van der Waals surface area contributed by atoms with Crippen LogP contribution in [0.3, 0.4) is 0 Å². The normalized spacial score (nSPS) is 10.3. The summed E-state index contributed by atoms with van der Waals surface area (Å²) in [6.45, 7) is 0.843. The summed E-state index contributed by atoms with van der Waals surface area (Å²) < 4.78 is 4.85. The van der Waals surface area contributed by atoms with Gasteiger partial charge in [0.05, 0.1) is 34.7 Å². The molecular weight excluding hydrogens is 327 g/mol. The molecule has 1 aromatic carbocycles. The number of para-hydroxylation sites is 1. The lowest BCUT2D eigenvalue weighted by Gasteiger charge is -2.09. The van der Waals surface area contributed by atoms with E-state index in [1.165, 1.54) is 12.4 Å². The van der Waals surface area contributed by atoms with Crippen molar-refractivity contribution in [3.05, 3.63) is 46.3 Å². The minimum Gasteiger partial charge on any atom is -0.383 e. The SMILES string of the molecule is COCCNC(=O)c1cnc(Nc2c(Cl)cccc2Cl)cn1. The number of nitrogens with zero attached hydrogens (tertiary/aromatic N) is 2. The minimum absolute atomic E-state index is 0.215. The van der Waals surface area contributed by atoms with Gasteiger partial charge in [0, 0.05) is 13.7 Å². The smallest absolute Gasteiger partial charge is 0.271 e. The van der Waals surface area contributed by atoms with Crippen molar-refractivity contribution in [3.8, 4) is 0 Å². The predicted molar refractivity (Wildman–Crippen MR) is 86.0 cm³/mol. The average Bonchev–Trinajstić information content (AvgIpc) is 2.52. The highest BCUT2D eigenvalue weighted by Crippen LogP contribution is 2.31. The highest BCUT2D eigenvalue weighted by molar-refractivity contribution is 6.39. The van der Waals surface area contributed by atoms with Crippen LogP contribution in [0.25, 0.3) is 0 Å². The number of benzene rings is 1. The first-order valence-electron chi connectivity index (χ1n) is 6.42. The van der Waals surface area contributed by atoms with E-state index in [9.17, 15) is 4.79 Å². The molecule has 22 heavy (non-hydrogen) atoms. The Hall–Kier alpha value is -1.89. The first kappa shape index (κ1) is 16.5. The van der Waals surface area contributed by atoms with Crippen LogP contribution in [-0.2, 0) is 4.74 Å². The molecule has 0 bridgehead atoms. The van der Waals surface area contributed by atoms with Crippen molar-refractivity contribution in [1.82, 2.24) is 15.3 Å². The van der Waals surface area contributed by atoms with E-state index >= 15 is 0 Å². The third-order valence-corrected chi connectivity index (χ3v) is 3.32. The van der Waals surface area contributed by atoms with E-state index in [2.05, 4.69) is 20.6 Å². The number of rotatable bonds is 6. The molecule has 2 N–H and O–H groups in total. The molecule has 0 spiro atoms. The van der Waals surface area contributed by atoms with E-state index in [4.69, 9.17) is 27.9 Å². The number of halogens is 2. The van der Waals surface area contributed by atoms with Crippen molar-refractivity contribution in [2.24, 2.45) is 0 Å². The van der Waals surface area contributed by atoms with Gasteiger partial charge in [-0.25, -0.2) is 9.97 Å². The molecule has 0 radical (unpaired) electrons. The predicted octanol–water partition coefficient (Wildman–Crippen LogP) is 2.90. The summed E-state index contributed by atoms with van der Waals surface area (Å²) in [5.41, 5.74) is 0.754. The van der Waals surface area contributed by atoms with Crippen molar-refractivity contribution >= 4 is 40.6 Å². The van der Waals surface area contributed by atoms with Crippen LogP contribution in [0.4, 0.5) is 11.5 Å². The van der Waals surface area contributed by atoms with Gasteiger partial charge in [0.25, 0.3) is 5.91 Å². The van der Waals surface area contributed by atoms with Gasteiger partial charge < -0.3 is 15.4 Å². The van der Waals surface area contributed by atoms with E-state index < -0.39 is 0 Å². The van der Waals surface area contributed by atoms with Gasteiger partial charge in [0.15, 0.2) is 0 Å². The minimum atomic E-state index is -0.313. The Balaban J connectivity index is 2.04. The number of hydrogen-bond acceptors (Lipinski definition) is 5. The fourth-order valence-corrected chi connectivity index (χ4v) is 2.10. The van der Waals surface area contributed by atoms with Crippen molar-refractivity contribution in [2.45, 2.75) is 0 Å². The Morgan fingerprint density at radius 2 is 1.95 bits per heavy atom. The van der Waals surface area contributed by atoms with E-state index in [1.807, 2.05) is 0 Å². The van der Waals surface area contributed by atoms with Crippen molar-refractivity contribution in [1.29, 1.82) is 0 Å². The summed E-state index contributed by atoms with van der Waals surface area (Å²) in [4.78, 5) is 19.9. The second-order valence-corrected chi connectivity index (χ2v) is 5.07. The molecule has 1 aromatic heterocycles. The summed E-state index contributed by atoms with van der Waals surface area (Å²) in [5.74, 6) is 0.121. The zero-order chi connectivity index (χ0) is 15.9. The number of aromatic nitrogens is 2. The number of amides is 1. The van der Waals surface area contributed by atoms with Gasteiger partial charge in [0.2, 0.25) is 0 Å². The zero-order valence-corrected chi connectivity index (χ0v) is 13.3. The summed E-state index contributed by atoms with van der Waals surface area (Å²) in [6, 6.07) is 5.16. The fraction of sp³-hybridized carbons (Fsp3) is 0.214. The quantitative estimate of drug-likeness (QED) is 0.790. The second kappa shape index (κ2) is 7.93. The molecule has 0 unspecified atom stereocenters. The highest BCUT2D eigenvalue weighted by atomic mass is 35.5. The molecule has 1 heterocycles. The number of anilines is 2. The first-order chi connectivity index (χ1) is 10.6. The molecule has 1 amide bonds. The van der Waals surface area contributed by atoms with Gasteiger partial charge in [-0.2, -0.15) is 0 Å². The Bertz CT molecular complexity index is 630. The molecule has 0 aliphatic rings. The highest BCUT2D eigenvalue weighted by Gasteiger charge is 2.09. The van der Waals surface area contributed by atoms with E-state index in [1.54, 1.807) is 25.3 Å². The van der Waals surface area contributed by atoms with Gasteiger partial charge in [0.1, 0.15) is 11.5 Å². The summed E-state index contributed by atoms with van der Waals surface area (Å²) in [6.07, 6.45) is 2.81. The lowest BCUT2D eigenvalue weighted by molar-refractivity contribution is 0.0932. The monoisotopic (exact) mass is 340 g/mol. The molecule has 0 aliphatic heterocycles. The average molecular weight is 341 g/mol. The summed E-state index contributed by atoms with van der Waals surface area (Å²) >= 11 is 12.1. The third-order valence-electron chi connectivity index (χ3n) is 2.69. The van der Waals surface area contributed by atoms with Crippen LogP contribution in [-0.4, -0.2) is 36.1 Å². The number of nitrogens with one attached hydrogen (secondary N) is 2. The number of hydrogen-bond donors (Lipinski definition) is 2. The van der Waals surface area contributed by atoms with Gasteiger partial charge in [-0.3, -0.25) is 4.79 Å². The number of methoxy groups -OCH3 is 1. The molecule has 6 nitrogen and oxygen atoms in total. The van der Waals surface area contributed by atoms with E-state index in [-0.39, 0.29) is 11.6 Å². The van der Waals surface area contributed by atoms with Gasteiger partial charge in [-0.05, 0) is 12.1 Å². The largest absolute Gasteiger partial charge is 0.383 e. The van der Waals surface area contributed by atoms with Crippen LogP contribution in [0, 0.1) is 0 Å². The van der Waals surface area contributed by atoms with Crippen molar-refractivity contribution < 1.29 is 9.53 Å². The van der Waals surface area contributed by atoms with Crippen LogP contribution >= 0.6 is 23.2 Å². The zero-order valence-electron chi connectivity index (χ0n) is 11.8. The van der Waals surface area contributed by atoms with E-state index in [0.717, 1.165) is 0 Å². The van der Waals surface area contributed by atoms with Crippen molar-refractivity contribution in [3.63, 3.8) is 0 Å². The second-order valence-electron chi connectivity index (χ2n) is 4.26. The van der Waals surface area contributed by atoms with Gasteiger partial charge in [-0.1, -0.05) is 29.3 Å². The van der Waals surface area contributed by atoms with Crippen LogP contribution in [0.15, 0.2) is 30.6 Å². The van der Waals surface area contributed by atoms with Gasteiger partial charge >= 0.3 is 0 Å². The number of ether oxygens (including phenoxy) is 1. The molecule has 2 aromatic rings. The Labute approximate surface area is 137 Å². The Morgan fingerprint density at radius 1 is 1.23 bits per heavy atom. The molecule has 0 atom stereocenters. The van der Waals surface area contributed by atoms with Crippen LogP contribution in [0.1, 0.15) is 10.5 Å². The fourth-order valence-electron chi connectivity index (χ4n) is 1.61. The third kappa shape index (κ3) is 4.30. The molecule has 0 fully saturated rings. The molecule has 0 aliphatic carbocycles. The first-order valence-corrected chi connectivity index (χ1v) is 7.17. The van der Waals surface area contributed by atoms with Crippen molar-refractivity contribution in [2.75, 3.05) is 25.6 Å². The van der Waals surface area contributed by atoms with Crippen LogP contribution < -0.4 is 10.6 Å². The maximum absolute atomic E-state index is 11.8. The Morgan fingerprint density at radius 3 is 2.55 bits per heavy atom. The topological polar surface area (TPSA) is 76.1 Å². The molecule has 2 rings (SSSR count).